The molecule has 1 aromatic carbocycles. The van der Waals surface area contributed by atoms with Crippen molar-refractivity contribution in [3.63, 3.8) is 0 Å². The molecule has 2 amide bonds. The van der Waals surface area contributed by atoms with E-state index in [1.165, 1.54) is 28.4 Å². The van der Waals surface area contributed by atoms with Gasteiger partial charge in [-0.15, -0.1) is 0 Å². The highest BCUT2D eigenvalue weighted by Gasteiger charge is 2.30. The topological polar surface area (TPSA) is 88.1 Å². The van der Waals surface area contributed by atoms with Gasteiger partial charge in [-0.3, -0.25) is 5.10 Å². The van der Waals surface area contributed by atoms with E-state index in [4.69, 9.17) is 4.74 Å². The van der Waals surface area contributed by atoms with Crippen LogP contribution in [0.15, 0.2) is 30.7 Å². The summed E-state index contributed by atoms with van der Waals surface area (Å²) < 4.78 is 7.65. The van der Waals surface area contributed by atoms with Crippen molar-refractivity contribution in [2.45, 2.75) is 19.4 Å². The number of rotatable bonds is 4. The van der Waals surface area contributed by atoms with Crippen molar-refractivity contribution in [3.8, 4) is 0 Å². The fourth-order valence-electron chi connectivity index (χ4n) is 3.63. The second-order valence-electron chi connectivity index (χ2n) is 6.92. The number of aromatic amines is 1. The summed E-state index contributed by atoms with van der Waals surface area (Å²) in [5.74, 6) is 0.647. The molecule has 3 aromatic rings. The van der Waals surface area contributed by atoms with Crippen LogP contribution >= 0.6 is 0 Å². The zero-order valence-corrected chi connectivity index (χ0v) is 15.6. The van der Waals surface area contributed by atoms with Crippen molar-refractivity contribution in [2.24, 2.45) is 7.05 Å². The van der Waals surface area contributed by atoms with Crippen LogP contribution in [0.4, 0.5) is 4.79 Å². The number of carbonyl (C=O) groups is 1. The SMILES string of the molecule is Cc1ccc2c(CCNC(=O)N3CCOCC3c3ncn[nH]3)cn(C)c2c1. The Bertz CT molecular complexity index is 933. The average Bonchev–Trinajstić information content (AvgIpc) is 3.31. The lowest BCUT2D eigenvalue weighted by Crippen LogP contribution is -2.48. The Morgan fingerprint density at radius 2 is 2.33 bits per heavy atom. The molecule has 1 unspecified atom stereocenters. The molecular formula is C19H24N6O2. The van der Waals surface area contributed by atoms with Crippen LogP contribution in [0.2, 0.25) is 0 Å². The minimum atomic E-state index is -0.234. The quantitative estimate of drug-likeness (QED) is 0.737. The molecule has 8 heteroatoms. The van der Waals surface area contributed by atoms with Crippen molar-refractivity contribution >= 4 is 16.9 Å². The summed E-state index contributed by atoms with van der Waals surface area (Å²) in [6.07, 6.45) is 4.37. The summed E-state index contributed by atoms with van der Waals surface area (Å²) in [7, 11) is 2.06. The van der Waals surface area contributed by atoms with Crippen LogP contribution in [0.1, 0.15) is 23.0 Å². The first-order valence-corrected chi connectivity index (χ1v) is 9.15. The smallest absolute Gasteiger partial charge is 0.318 e. The maximum absolute atomic E-state index is 12.7. The van der Waals surface area contributed by atoms with Crippen molar-refractivity contribution in [3.05, 3.63) is 47.7 Å². The summed E-state index contributed by atoms with van der Waals surface area (Å²) in [6.45, 7) is 4.16. The molecule has 1 fully saturated rings. The standard InChI is InChI=1S/C19H24N6O2/c1-13-3-4-15-14(10-24(2)16(15)9-13)5-6-20-19(26)25-7-8-27-11-17(25)18-21-12-22-23-18/h3-4,9-10,12,17H,5-8,11H2,1-2H3,(H,20,26)(H,21,22,23). The number of carbonyl (C=O) groups excluding carboxylic acids is 1. The number of benzene rings is 1. The molecular weight excluding hydrogens is 344 g/mol. The highest BCUT2D eigenvalue weighted by atomic mass is 16.5. The van der Waals surface area contributed by atoms with Crippen molar-refractivity contribution in [1.82, 2.24) is 30.0 Å². The third kappa shape index (κ3) is 3.52. The van der Waals surface area contributed by atoms with Crippen LogP contribution in [0.25, 0.3) is 10.9 Å². The molecule has 0 aliphatic carbocycles. The number of amides is 2. The summed E-state index contributed by atoms with van der Waals surface area (Å²) in [5, 5.41) is 11.0. The lowest BCUT2D eigenvalue weighted by Gasteiger charge is -2.34. The van der Waals surface area contributed by atoms with E-state index in [1.807, 2.05) is 0 Å². The minimum absolute atomic E-state index is 0.101. The molecule has 0 bridgehead atoms. The molecule has 0 spiro atoms. The van der Waals surface area contributed by atoms with Gasteiger partial charge in [0.05, 0.1) is 13.2 Å². The van der Waals surface area contributed by atoms with E-state index >= 15 is 0 Å². The molecule has 1 atom stereocenters. The van der Waals surface area contributed by atoms with E-state index in [1.54, 1.807) is 4.90 Å². The van der Waals surface area contributed by atoms with Gasteiger partial charge >= 0.3 is 6.03 Å². The predicted molar refractivity (Wildman–Crippen MR) is 101 cm³/mol. The van der Waals surface area contributed by atoms with Gasteiger partial charge in [0.15, 0.2) is 0 Å². The summed E-state index contributed by atoms with van der Waals surface area (Å²) >= 11 is 0. The number of urea groups is 1. The number of hydrogen-bond acceptors (Lipinski definition) is 4. The molecule has 3 heterocycles. The Morgan fingerprint density at radius 3 is 3.15 bits per heavy atom. The molecule has 0 saturated carbocycles. The first kappa shape index (κ1) is 17.5. The number of aromatic nitrogens is 4. The van der Waals surface area contributed by atoms with Crippen molar-refractivity contribution in [2.75, 3.05) is 26.3 Å². The first-order chi connectivity index (χ1) is 13.1. The Balaban J connectivity index is 1.41. The van der Waals surface area contributed by atoms with Gasteiger partial charge in [-0.25, -0.2) is 9.78 Å². The molecule has 1 aliphatic rings. The van der Waals surface area contributed by atoms with Crippen LogP contribution in [-0.4, -0.2) is 57.0 Å². The monoisotopic (exact) mass is 368 g/mol. The predicted octanol–water partition coefficient (Wildman–Crippen LogP) is 1.93. The zero-order chi connectivity index (χ0) is 18.8. The Hall–Kier alpha value is -2.87. The van der Waals surface area contributed by atoms with Crippen LogP contribution < -0.4 is 5.32 Å². The van der Waals surface area contributed by atoms with Crippen LogP contribution in [0.5, 0.6) is 0 Å². The molecule has 0 radical (unpaired) electrons. The number of fused-ring (bicyclic) bond motifs is 1. The maximum atomic E-state index is 12.7. The molecule has 4 rings (SSSR count). The third-order valence-electron chi connectivity index (χ3n) is 5.04. The number of H-pyrrole nitrogens is 1. The Kier molecular flexibility index (Phi) is 4.81. The number of hydrogen-bond donors (Lipinski definition) is 2. The fraction of sp³-hybridized carbons (Fsp3) is 0.421. The second-order valence-corrected chi connectivity index (χ2v) is 6.92. The van der Waals surface area contributed by atoms with Gasteiger partial charge in [0, 0.05) is 37.2 Å². The normalized spacial score (nSPS) is 17.4. The Morgan fingerprint density at radius 1 is 1.44 bits per heavy atom. The van der Waals surface area contributed by atoms with E-state index in [2.05, 4.69) is 63.4 Å². The highest BCUT2D eigenvalue weighted by molar-refractivity contribution is 5.84. The summed E-state index contributed by atoms with van der Waals surface area (Å²) in [6, 6.07) is 6.13. The highest BCUT2D eigenvalue weighted by Crippen LogP contribution is 2.23. The number of nitrogens with zero attached hydrogens (tertiary/aromatic N) is 4. The van der Waals surface area contributed by atoms with E-state index in [9.17, 15) is 4.79 Å². The number of nitrogens with one attached hydrogen (secondary N) is 2. The second kappa shape index (κ2) is 7.40. The van der Waals surface area contributed by atoms with Gasteiger partial charge in [0.25, 0.3) is 0 Å². The van der Waals surface area contributed by atoms with Gasteiger partial charge in [-0.05, 0) is 30.5 Å². The summed E-state index contributed by atoms with van der Waals surface area (Å²) in [4.78, 5) is 18.6. The van der Waals surface area contributed by atoms with Gasteiger partial charge in [-0.1, -0.05) is 12.1 Å². The largest absolute Gasteiger partial charge is 0.377 e. The molecule has 8 nitrogen and oxygen atoms in total. The van der Waals surface area contributed by atoms with Crippen LogP contribution in [0.3, 0.4) is 0 Å². The van der Waals surface area contributed by atoms with Gasteiger partial charge in [0.2, 0.25) is 0 Å². The zero-order valence-electron chi connectivity index (χ0n) is 15.6. The minimum Gasteiger partial charge on any atom is -0.377 e. The van der Waals surface area contributed by atoms with E-state index in [0.29, 0.717) is 32.1 Å². The van der Waals surface area contributed by atoms with Crippen LogP contribution in [-0.2, 0) is 18.2 Å². The molecule has 1 aliphatic heterocycles. The number of aryl methyl sites for hydroxylation is 2. The van der Waals surface area contributed by atoms with Gasteiger partial charge < -0.3 is 19.5 Å². The maximum Gasteiger partial charge on any atom is 0.318 e. The average molecular weight is 368 g/mol. The Labute approximate surface area is 157 Å². The van der Waals surface area contributed by atoms with Crippen molar-refractivity contribution < 1.29 is 9.53 Å². The van der Waals surface area contributed by atoms with Crippen molar-refractivity contribution in [1.29, 1.82) is 0 Å². The number of morpholine rings is 1. The lowest BCUT2D eigenvalue weighted by atomic mass is 10.1. The molecule has 142 valence electrons. The van der Waals surface area contributed by atoms with E-state index in [-0.39, 0.29) is 12.1 Å². The van der Waals surface area contributed by atoms with Gasteiger partial charge in [0.1, 0.15) is 18.2 Å². The first-order valence-electron chi connectivity index (χ1n) is 9.15. The molecule has 2 aromatic heterocycles. The summed E-state index contributed by atoms with van der Waals surface area (Å²) in [5.41, 5.74) is 3.70. The molecule has 2 N–H and O–H groups in total. The van der Waals surface area contributed by atoms with Gasteiger partial charge in [-0.2, -0.15) is 5.10 Å². The van der Waals surface area contributed by atoms with E-state index < -0.39 is 0 Å². The van der Waals surface area contributed by atoms with Crippen LogP contribution in [0, 0.1) is 6.92 Å². The molecule has 1 saturated heterocycles. The van der Waals surface area contributed by atoms with E-state index in [0.717, 1.165) is 6.42 Å². The molecule has 27 heavy (non-hydrogen) atoms. The fourth-order valence-corrected chi connectivity index (χ4v) is 3.63. The number of ether oxygens (including phenoxy) is 1. The third-order valence-corrected chi connectivity index (χ3v) is 5.04. The lowest BCUT2D eigenvalue weighted by molar-refractivity contribution is 0.00879.